The second kappa shape index (κ2) is 8.59. The van der Waals surface area contributed by atoms with Gasteiger partial charge < -0.3 is 20.9 Å². The molecule has 5 rings (SSSR count). The Morgan fingerprint density at radius 3 is 2.28 bits per heavy atom. The Morgan fingerprint density at radius 1 is 0.844 bits per heavy atom. The minimum Gasteiger partial charge on any atom is -0.371 e. The van der Waals surface area contributed by atoms with E-state index in [-0.39, 0.29) is 11.8 Å². The molecule has 0 saturated heterocycles. The van der Waals surface area contributed by atoms with Crippen LogP contribution in [0, 0.1) is 0 Å². The van der Waals surface area contributed by atoms with Crippen LogP contribution in [-0.2, 0) is 0 Å². The largest absolute Gasteiger partial charge is 0.371 e. The topological polar surface area (TPSA) is 86.0 Å². The fourth-order valence-electron chi connectivity index (χ4n) is 3.77. The number of para-hydroxylation sites is 1. The van der Waals surface area contributed by atoms with E-state index in [9.17, 15) is 9.59 Å². The molecule has 1 saturated carbocycles. The van der Waals surface area contributed by atoms with E-state index in [2.05, 4.69) is 20.9 Å². The number of amides is 2. The summed E-state index contributed by atoms with van der Waals surface area (Å²) in [7, 11) is 0. The average molecular weight is 425 g/mol. The number of H-pyrrole nitrogens is 1. The van der Waals surface area contributed by atoms with E-state index in [0.717, 1.165) is 35.0 Å². The molecular weight excluding hydrogens is 400 g/mol. The molecule has 2 amide bonds. The van der Waals surface area contributed by atoms with Crippen LogP contribution in [0.15, 0.2) is 85.1 Å². The fraction of sp³-hybridized carbons (Fsp3) is 0.154. The highest BCUT2D eigenvalue weighted by Crippen LogP contribution is 2.28. The fourth-order valence-corrected chi connectivity index (χ4v) is 3.77. The molecule has 0 aliphatic heterocycles. The third-order valence-corrected chi connectivity index (χ3v) is 5.62. The normalized spacial score (nSPS) is 14.0. The van der Waals surface area contributed by atoms with Gasteiger partial charge in [-0.3, -0.25) is 4.79 Å². The van der Waals surface area contributed by atoms with Gasteiger partial charge in [-0.2, -0.15) is 0 Å². The first-order chi connectivity index (χ1) is 15.7. The number of hydrogen-bond acceptors (Lipinski definition) is 3. The number of aromatic amines is 1. The number of rotatable bonds is 7. The minimum atomic E-state index is -0.549. The van der Waals surface area contributed by atoms with Crippen LogP contribution < -0.4 is 16.0 Å². The van der Waals surface area contributed by atoms with Crippen LogP contribution in [0.3, 0.4) is 0 Å². The van der Waals surface area contributed by atoms with Crippen molar-refractivity contribution in [2.45, 2.75) is 24.9 Å². The Kier molecular flexibility index (Phi) is 5.34. The third kappa shape index (κ3) is 4.34. The summed E-state index contributed by atoms with van der Waals surface area (Å²) >= 11 is 0. The number of Topliss-reactive ketones (excluding diaryl/α,β-unsaturated/α-hetero) is 1. The summed E-state index contributed by atoms with van der Waals surface area (Å²) in [6.07, 6.45) is 3.86. The van der Waals surface area contributed by atoms with Crippen LogP contribution in [-0.4, -0.2) is 22.8 Å². The summed E-state index contributed by atoms with van der Waals surface area (Å²) in [5.41, 5.74) is 3.96. The molecule has 1 atom stereocenters. The molecule has 4 N–H and O–H groups in total. The van der Waals surface area contributed by atoms with Gasteiger partial charge in [0, 0.05) is 40.1 Å². The molecule has 6 heteroatoms. The van der Waals surface area contributed by atoms with E-state index in [1.165, 1.54) is 0 Å². The van der Waals surface area contributed by atoms with Crippen molar-refractivity contribution in [3.05, 3.63) is 96.2 Å². The lowest BCUT2D eigenvalue weighted by Crippen LogP contribution is -2.30. The van der Waals surface area contributed by atoms with Crippen LogP contribution in [0.25, 0.3) is 10.9 Å². The van der Waals surface area contributed by atoms with Crippen LogP contribution in [0.4, 0.5) is 16.2 Å². The van der Waals surface area contributed by atoms with Crippen LogP contribution >= 0.6 is 0 Å². The van der Waals surface area contributed by atoms with E-state index >= 15 is 0 Å². The molecular formula is C26H24N4O2. The maximum Gasteiger partial charge on any atom is 0.319 e. The number of carbonyl (C=O) groups is 2. The van der Waals surface area contributed by atoms with Gasteiger partial charge in [0.05, 0.1) is 0 Å². The second-order valence-electron chi connectivity index (χ2n) is 8.05. The van der Waals surface area contributed by atoms with Gasteiger partial charge in [0.25, 0.3) is 0 Å². The highest BCUT2D eigenvalue weighted by molar-refractivity contribution is 6.11. The predicted molar refractivity (Wildman–Crippen MR) is 127 cm³/mol. The molecule has 1 aromatic heterocycles. The number of nitrogens with one attached hydrogen (secondary N) is 4. The highest BCUT2D eigenvalue weighted by atomic mass is 16.2. The van der Waals surface area contributed by atoms with Gasteiger partial charge in [-0.05, 0) is 48.7 Å². The molecule has 0 radical (unpaired) electrons. The standard InChI is InChI=1S/C26H24N4O2/c31-25(22-16-27-23-9-5-4-8-21(22)23)24(17-6-2-1-3-7-17)28-18-10-12-19(13-11-18)29-26(32)30-20-14-15-20/h1-13,16,20,24,27-28H,14-15H2,(H2,29,30,32). The van der Waals surface area contributed by atoms with Gasteiger partial charge in [0.1, 0.15) is 6.04 Å². The Labute approximate surface area is 186 Å². The first-order valence-electron chi connectivity index (χ1n) is 10.8. The Hall–Kier alpha value is -4.06. The summed E-state index contributed by atoms with van der Waals surface area (Å²) in [5.74, 6) is -0.0142. The van der Waals surface area contributed by atoms with E-state index in [1.54, 1.807) is 6.20 Å². The van der Waals surface area contributed by atoms with Gasteiger partial charge in [-0.15, -0.1) is 0 Å². The third-order valence-electron chi connectivity index (χ3n) is 5.62. The molecule has 160 valence electrons. The van der Waals surface area contributed by atoms with Crippen molar-refractivity contribution in [1.82, 2.24) is 10.3 Å². The molecule has 0 spiro atoms. The van der Waals surface area contributed by atoms with Crippen molar-refractivity contribution in [3.8, 4) is 0 Å². The number of carbonyl (C=O) groups excluding carboxylic acids is 2. The lowest BCUT2D eigenvalue weighted by molar-refractivity contribution is 0.0971. The number of aromatic nitrogens is 1. The first kappa shape index (κ1) is 19.9. The zero-order valence-corrected chi connectivity index (χ0v) is 17.5. The average Bonchev–Trinajstić information content (AvgIpc) is 3.53. The molecule has 6 nitrogen and oxygen atoms in total. The summed E-state index contributed by atoms with van der Waals surface area (Å²) in [6, 6.07) is 24.4. The maximum atomic E-state index is 13.6. The monoisotopic (exact) mass is 424 g/mol. The van der Waals surface area contributed by atoms with Crippen molar-refractivity contribution in [2.24, 2.45) is 0 Å². The summed E-state index contributed by atoms with van der Waals surface area (Å²) < 4.78 is 0. The lowest BCUT2D eigenvalue weighted by atomic mass is 9.96. The number of ketones is 1. The summed E-state index contributed by atoms with van der Waals surface area (Å²) in [4.78, 5) is 28.7. The van der Waals surface area contributed by atoms with Crippen LogP contribution in [0.2, 0.25) is 0 Å². The molecule has 32 heavy (non-hydrogen) atoms. The number of benzene rings is 3. The van der Waals surface area contributed by atoms with E-state index in [1.807, 2.05) is 78.9 Å². The Bertz CT molecular complexity index is 1240. The van der Waals surface area contributed by atoms with Crippen molar-refractivity contribution in [2.75, 3.05) is 10.6 Å². The van der Waals surface area contributed by atoms with Crippen molar-refractivity contribution in [3.63, 3.8) is 0 Å². The number of fused-ring (bicyclic) bond motifs is 1. The van der Waals surface area contributed by atoms with Gasteiger partial charge >= 0.3 is 6.03 Å². The van der Waals surface area contributed by atoms with Gasteiger partial charge in [0.2, 0.25) is 0 Å². The molecule has 3 aromatic carbocycles. The van der Waals surface area contributed by atoms with E-state index < -0.39 is 6.04 Å². The molecule has 1 unspecified atom stereocenters. The number of anilines is 2. The van der Waals surface area contributed by atoms with E-state index in [4.69, 9.17) is 0 Å². The first-order valence-corrected chi connectivity index (χ1v) is 10.8. The highest BCUT2D eigenvalue weighted by Gasteiger charge is 2.25. The number of hydrogen-bond donors (Lipinski definition) is 4. The zero-order chi connectivity index (χ0) is 21.9. The van der Waals surface area contributed by atoms with Crippen molar-refractivity contribution < 1.29 is 9.59 Å². The Balaban J connectivity index is 1.38. The smallest absolute Gasteiger partial charge is 0.319 e. The molecule has 4 aromatic rings. The molecule has 1 heterocycles. The second-order valence-corrected chi connectivity index (χ2v) is 8.05. The molecule has 0 bridgehead atoms. The molecule has 1 aliphatic rings. The molecule has 1 aliphatic carbocycles. The molecule has 1 fully saturated rings. The SMILES string of the molecule is O=C(Nc1ccc(NC(C(=O)c2c[nH]c3ccccc23)c2ccccc2)cc1)NC1CC1. The van der Waals surface area contributed by atoms with Gasteiger partial charge in [-0.1, -0.05) is 48.5 Å². The number of urea groups is 1. The predicted octanol–water partition coefficient (Wildman–Crippen LogP) is 5.49. The summed E-state index contributed by atoms with van der Waals surface area (Å²) in [5, 5.41) is 10.0. The summed E-state index contributed by atoms with van der Waals surface area (Å²) in [6.45, 7) is 0. The zero-order valence-electron chi connectivity index (χ0n) is 17.5. The van der Waals surface area contributed by atoms with Crippen LogP contribution in [0.1, 0.15) is 34.8 Å². The maximum absolute atomic E-state index is 13.6. The Morgan fingerprint density at radius 2 is 1.53 bits per heavy atom. The van der Waals surface area contributed by atoms with Gasteiger partial charge in [0.15, 0.2) is 5.78 Å². The van der Waals surface area contributed by atoms with Gasteiger partial charge in [-0.25, -0.2) is 4.79 Å². The van der Waals surface area contributed by atoms with Crippen molar-refractivity contribution >= 4 is 34.1 Å². The van der Waals surface area contributed by atoms with Crippen molar-refractivity contribution in [1.29, 1.82) is 0 Å². The quantitative estimate of drug-likeness (QED) is 0.296. The lowest BCUT2D eigenvalue weighted by Gasteiger charge is -2.19. The van der Waals surface area contributed by atoms with Crippen LogP contribution in [0.5, 0.6) is 0 Å². The van der Waals surface area contributed by atoms with E-state index in [0.29, 0.717) is 17.3 Å². The minimum absolute atomic E-state index is 0.0142.